The van der Waals surface area contributed by atoms with E-state index in [-0.39, 0.29) is 12.2 Å². The summed E-state index contributed by atoms with van der Waals surface area (Å²) in [5.74, 6) is -6.33. The van der Waals surface area contributed by atoms with Gasteiger partial charge in [0.15, 0.2) is 0 Å². The molecule has 0 aromatic heterocycles. The van der Waals surface area contributed by atoms with Crippen LogP contribution in [0.5, 0.6) is 0 Å². The van der Waals surface area contributed by atoms with Crippen LogP contribution in [-0.4, -0.2) is 29.2 Å². The van der Waals surface area contributed by atoms with Gasteiger partial charge in [-0.2, -0.15) is 8.78 Å². The van der Waals surface area contributed by atoms with Gasteiger partial charge in [0.25, 0.3) is 0 Å². The van der Waals surface area contributed by atoms with Gasteiger partial charge in [-0.15, -0.1) is 0 Å². The predicted octanol–water partition coefficient (Wildman–Crippen LogP) is 2.32. The van der Waals surface area contributed by atoms with E-state index in [2.05, 4.69) is 4.74 Å². The summed E-state index contributed by atoms with van der Waals surface area (Å²) in [5, 5.41) is 9.82. The van der Waals surface area contributed by atoms with Crippen LogP contribution in [0.25, 0.3) is 0 Å². The lowest BCUT2D eigenvalue weighted by Gasteiger charge is -2.30. The molecule has 1 atom stereocenters. The molecule has 0 saturated heterocycles. The lowest BCUT2D eigenvalue weighted by atomic mass is 9.90. The van der Waals surface area contributed by atoms with Gasteiger partial charge < -0.3 is 9.84 Å². The van der Waals surface area contributed by atoms with Gasteiger partial charge >= 0.3 is 11.9 Å². The van der Waals surface area contributed by atoms with Crippen molar-refractivity contribution in [3.05, 3.63) is 35.6 Å². The number of rotatable bonds is 5. The number of carbonyl (C=O) groups excluding carboxylic acids is 1. The zero-order valence-electron chi connectivity index (χ0n) is 10.6. The zero-order chi connectivity index (χ0) is 14.7. The summed E-state index contributed by atoms with van der Waals surface area (Å²) in [7, 11) is 0. The average molecular weight is 276 g/mol. The molecule has 0 aliphatic heterocycles. The van der Waals surface area contributed by atoms with Crippen molar-refractivity contribution < 1.29 is 27.8 Å². The van der Waals surface area contributed by atoms with Gasteiger partial charge in [-0.25, -0.2) is 9.18 Å². The number of benzene rings is 1. The molecule has 1 unspecified atom stereocenters. The molecule has 0 heterocycles. The predicted molar refractivity (Wildman–Crippen MR) is 62.3 cm³/mol. The zero-order valence-corrected chi connectivity index (χ0v) is 10.6. The van der Waals surface area contributed by atoms with Crippen molar-refractivity contribution in [2.75, 3.05) is 6.61 Å². The SMILES string of the molecule is CCOC(=O)C(F)(F)C(C)(O)Cc1ccc(F)cc1. The van der Waals surface area contributed by atoms with Crippen molar-refractivity contribution in [3.8, 4) is 0 Å². The first-order chi connectivity index (χ1) is 8.70. The maximum absolute atomic E-state index is 13.7. The fourth-order valence-electron chi connectivity index (χ4n) is 1.55. The number of esters is 1. The number of carbonyl (C=O) groups is 1. The van der Waals surface area contributed by atoms with Crippen LogP contribution in [0.2, 0.25) is 0 Å². The van der Waals surface area contributed by atoms with E-state index in [1.807, 2.05) is 0 Å². The molecule has 0 amide bonds. The topological polar surface area (TPSA) is 46.5 Å². The van der Waals surface area contributed by atoms with Crippen molar-refractivity contribution in [1.29, 1.82) is 0 Å². The van der Waals surface area contributed by atoms with Crippen LogP contribution in [0.3, 0.4) is 0 Å². The Morgan fingerprint density at radius 2 is 1.84 bits per heavy atom. The minimum absolute atomic E-state index is 0.207. The lowest BCUT2D eigenvalue weighted by molar-refractivity contribution is -0.208. The molecule has 6 heteroatoms. The number of alkyl halides is 2. The Balaban J connectivity index is 2.90. The van der Waals surface area contributed by atoms with Crippen molar-refractivity contribution in [2.45, 2.75) is 31.8 Å². The minimum atomic E-state index is -4.04. The Kier molecular flexibility index (Phi) is 4.57. The van der Waals surface area contributed by atoms with Crippen molar-refractivity contribution >= 4 is 5.97 Å². The Bertz CT molecular complexity index is 441. The van der Waals surface area contributed by atoms with Crippen LogP contribution >= 0.6 is 0 Å². The smallest absolute Gasteiger partial charge is 0.380 e. The third kappa shape index (κ3) is 3.47. The second-order valence-electron chi connectivity index (χ2n) is 4.37. The summed E-state index contributed by atoms with van der Waals surface area (Å²) in [6, 6.07) is 4.72. The van der Waals surface area contributed by atoms with Crippen LogP contribution < -0.4 is 0 Å². The van der Waals surface area contributed by atoms with Gasteiger partial charge in [-0.1, -0.05) is 12.1 Å². The maximum atomic E-state index is 13.7. The molecule has 1 aromatic carbocycles. The largest absolute Gasteiger partial charge is 0.461 e. The number of aliphatic hydroxyl groups is 1. The van der Waals surface area contributed by atoms with Gasteiger partial charge in [0.2, 0.25) is 0 Å². The fourth-order valence-corrected chi connectivity index (χ4v) is 1.55. The minimum Gasteiger partial charge on any atom is -0.461 e. The van der Waals surface area contributed by atoms with E-state index in [4.69, 9.17) is 0 Å². The quantitative estimate of drug-likeness (QED) is 0.839. The number of halogens is 3. The first-order valence-electron chi connectivity index (χ1n) is 5.72. The lowest BCUT2D eigenvalue weighted by Crippen LogP contribution is -2.53. The second kappa shape index (κ2) is 5.61. The normalized spacial score (nSPS) is 14.8. The molecule has 0 bridgehead atoms. The standard InChI is InChI=1S/C13H15F3O3/c1-3-19-11(17)13(15,16)12(2,18)8-9-4-6-10(14)7-5-9/h4-7,18H,3,8H2,1-2H3. The van der Waals surface area contributed by atoms with Crippen LogP contribution in [0.15, 0.2) is 24.3 Å². The number of hydrogen-bond acceptors (Lipinski definition) is 3. The third-order valence-electron chi connectivity index (χ3n) is 2.67. The molecule has 0 radical (unpaired) electrons. The average Bonchev–Trinajstić information content (AvgIpc) is 2.32. The molecule has 0 aliphatic carbocycles. The first-order valence-corrected chi connectivity index (χ1v) is 5.72. The Hall–Kier alpha value is -1.56. The van der Waals surface area contributed by atoms with Crippen LogP contribution in [0, 0.1) is 5.82 Å². The highest BCUT2D eigenvalue weighted by Gasteiger charge is 2.56. The number of ether oxygens (including phenoxy) is 1. The van der Waals surface area contributed by atoms with E-state index in [0.717, 1.165) is 19.1 Å². The Labute approximate surface area is 109 Å². The molecule has 1 N–H and O–H groups in total. The van der Waals surface area contributed by atoms with Gasteiger partial charge in [0.05, 0.1) is 6.61 Å². The van der Waals surface area contributed by atoms with Gasteiger partial charge in [-0.05, 0) is 31.5 Å². The Morgan fingerprint density at radius 3 is 2.32 bits per heavy atom. The van der Waals surface area contributed by atoms with E-state index in [9.17, 15) is 23.1 Å². The summed E-state index contributed by atoms with van der Waals surface area (Å²) >= 11 is 0. The molecule has 3 nitrogen and oxygen atoms in total. The highest BCUT2D eigenvalue weighted by Crippen LogP contribution is 2.33. The monoisotopic (exact) mass is 276 g/mol. The molecule has 1 rings (SSSR count). The molecule has 1 aromatic rings. The highest BCUT2D eigenvalue weighted by atomic mass is 19.3. The molecule has 0 saturated carbocycles. The maximum Gasteiger partial charge on any atom is 0.380 e. The van der Waals surface area contributed by atoms with Crippen LogP contribution in [0.1, 0.15) is 19.4 Å². The van der Waals surface area contributed by atoms with E-state index >= 15 is 0 Å². The van der Waals surface area contributed by atoms with Crippen molar-refractivity contribution in [3.63, 3.8) is 0 Å². The van der Waals surface area contributed by atoms with E-state index in [1.54, 1.807) is 0 Å². The molecule has 106 valence electrons. The summed E-state index contributed by atoms with van der Waals surface area (Å²) in [6.07, 6.45) is -0.501. The first kappa shape index (κ1) is 15.5. The Morgan fingerprint density at radius 1 is 1.32 bits per heavy atom. The number of hydrogen-bond donors (Lipinski definition) is 1. The van der Waals surface area contributed by atoms with Crippen LogP contribution in [-0.2, 0) is 16.0 Å². The fraction of sp³-hybridized carbons (Fsp3) is 0.462. The van der Waals surface area contributed by atoms with E-state index in [1.165, 1.54) is 19.1 Å². The summed E-state index contributed by atoms with van der Waals surface area (Å²) < 4.78 is 44.4. The molecule has 0 fully saturated rings. The molecular weight excluding hydrogens is 261 g/mol. The van der Waals surface area contributed by atoms with Crippen LogP contribution in [0.4, 0.5) is 13.2 Å². The summed E-state index contributed by atoms with van der Waals surface area (Å²) in [5.41, 5.74) is -2.33. The van der Waals surface area contributed by atoms with Gasteiger partial charge in [0, 0.05) is 6.42 Å². The van der Waals surface area contributed by atoms with Crippen molar-refractivity contribution in [1.82, 2.24) is 0 Å². The molecule has 19 heavy (non-hydrogen) atoms. The molecular formula is C13H15F3O3. The van der Waals surface area contributed by atoms with E-state index in [0.29, 0.717) is 0 Å². The summed E-state index contributed by atoms with van der Waals surface area (Å²) in [6.45, 7) is 2.02. The highest BCUT2D eigenvalue weighted by molar-refractivity contribution is 5.79. The van der Waals surface area contributed by atoms with Gasteiger partial charge in [-0.3, -0.25) is 0 Å². The van der Waals surface area contributed by atoms with E-state index < -0.39 is 29.7 Å². The van der Waals surface area contributed by atoms with Gasteiger partial charge in [0.1, 0.15) is 11.4 Å². The van der Waals surface area contributed by atoms with Crippen molar-refractivity contribution in [2.24, 2.45) is 0 Å². The third-order valence-corrected chi connectivity index (χ3v) is 2.67. The second-order valence-corrected chi connectivity index (χ2v) is 4.37. The summed E-state index contributed by atoms with van der Waals surface area (Å²) in [4.78, 5) is 11.2. The molecule has 0 aliphatic rings. The molecule has 0 spiro atoms.